The largest absolute Gasteiger partial charge is 0.332 e. The summed E-state index contributed by atoms with van der Waals surface area (Å²) in [4.78, 5) is 42.7. The Morgan fingerprint density at radius 3 is 2.59 bits per heavy atom. The average molecular weight is 304 g/mol. The first-order chi connectivity index (χ1) is 10.5. The molecule has 3 N–H and O–H groups in total. The molecule has 2 saturated heterocycles. The summed E-state index contributed by atoms with van der Waals surface area (Å²) in [5.74, 6) is -2.01. The predicted octanol–water partition coefficient (Wildman–Crippen LogP) is -1.18. The summed E-state index contributed by atoms with van der Waals surface area (Å²) in [6.45, 7) is -0.214. The molecule has 116 valence electrons. The van der Waals surface area contributed by atoms with Gasteiger partial charge in [-0.1, -0.05) is 18.2 Å². The number of nitrogens with one attached hydrogen (secondary N) is 1. The fourth-order valence-corrected chi connectivity index (χ4v) is 2.72. The highest BCUT2D eigenvalue weighted by atomic mass is 16.7. The van der Waals surface area contributed by atoms with Crippen molar-refractivity contribution in [3.63, 3.8) is 0 Å². The van der Waals surface area contributed by atoms with Gasteiger partial charge in [-0.3, -0.25) is 24.1 Å². The summed E-state index contributed by atoms with van der Waals surface area (Å²) >= 11 is 0. The Bertz CT molecular complexity index is 621. The van der Waals surface area contributed by atoms with Gasteiger partial charge in [0.15, 0.2) is 6.10 Å². The van der Waals surface area contributed by atoms with E-state index in [1.54, 1.807) is 24.3 Å². The second-order valence-corrected chi connectivity index (χ2v) is 5.17. The van der Waals surface area contributed by atoms with Crippen molar-refractivity contribution in [2.45, 2.75) is 12.3 Å². The van der Waals surface area contributed by atoms with E-state index in [1.165, 1.54) is 12.1 Å². The molecule has 2 aliphatic heterocycles. The summed E-state index contributed by atoms with van der Waals surface area (Å²) in [7, 11) is 1.40. The van der Waals surface area contributed by atoms with Crippen LogP contribution in [0, 0.1) is 5.92 Å². The molecule has 8 nitrogen and oxygen atoms in total. The maximum Gasteiger partial charge on any atom is 0.261 e. The first-order valence-electron chi connectivity index (χ1n) is 6.86. The SMILES string of the molecule is CN1C(=O)C2ON(c3ccccc3)[C@H](NC(=O)CN)C2C1=O. The minimum absolute atomic E-state index is 0.214. The van der Waals surface area contributed by atoms with Crippen LogP contribution in [-0.2, 0) is 19.2 Å². The Morgan fingerprint density at radius 2 is 1.95 bits per heavy atom. The molecule has 1 aromatic carbocycles. The molecule has 0 radical (unpaired) electrons. The van der Waals surface area contributed by atoms with E-state index in [9.17, 15) is 14.4 Å². The number of imide groups is 1. The zero-order valence-corrected chi connectivity index (χ0v) is 11.9. The van der Waals surface area contributed by atoms with Crippen LogP contribution >= 0.6 is 0 Å². The number of hydrogen-bond donors (Lipinski definition) is 2. The van der Waals surface area contributed by atoms with E-state index in [1.807, 2.05) is 6.07 Å². The molecular weight excluding hydrogens is 288 g/mol. The van der Waals surface area contributed by atoms with Gasteiger partial charge in [-0.05, 0) is 12.1 Å². The smallest absolute Gasteiger partial charge is 0.261 e. The van der Waals surface area contributed by atoms with Crippen molar-refractivity contribution in [3.05, 3.63) is 30.3 Å². The van der Waals surface area contributed by atoms with Gasteiger partial charge in [0.25, 0.3) is 5.91 Å². The van der Waals surface area contributed by atoms with Crippen molar-refractivity contribution in [2.24, 2.45) is 11.7 Å². The van der Waals surface area contributed by atoms with Crippen molar-refractivity contribution in [3.8, 4) is 0 Å². The monoisotopic (exact) mass is 304 g/mol. The molecule has 2 fully saturated rings. The molecule has 0 bridgehead atoms. The first-order valence-corrected chi connectivity index (χ1v) is 6.86. The fraction of sp³-hybridized carbons (Fsp3) is 0.357. The molecule has 0 aliphatic carbocycles. The van der Waals surface area contributed by atoms with E-state index < -0.39 is 30.0 Å². The maximum absolute atomic E-state index is 12.3. The summed E-state index contributed by atoms with van der Waals surface area (Å²) < 4.78 is 0. The lowest BCUT2D eigenvalue weighted by atomic mass is 10.0. The summed E-state index contributed by atoms with van der Waals surface area (Å²) in [5, 5.41) is 4.05. The third-order valence-corrected chi connectivity index (χ3v) is 3.84. The first kappa shape index (κ1) is 14.5. The molecule has 3 atom stereocenters. The van der Waals surface area contributed by atoms with Gasteiger partial charge in [-0.2, -0.15) is 0 Å². The van der Waals surface area contributed by atoms with Crippen LogP contribution in [0.5, 0.6) is 0 Å². The van der Waals surface area contributed by atoms with Crippen molar-refractivity contribution >= 4 is 23.4 Å². The Kier molecular flexibility index (Phi) is 3.55. The van der Waals surface area contributed by atoms with Gasteiger partial charge >= 0.3 is 0 Å². The van der Waals surface area contributed by atoms with Gasteiger partial charge in [0.05, 0.1) is 12.2 Å². The summed E-state index contributed by atoms with van der Waals surface area (Å²) in [5.41, 5.74) is 5.97. The molecular formula is C14H16N4O4. The molecule has 3 amide bonds. The Balaban J connectivity index is 1.96. The van der Waals surface area contributed by atoms with E-state index in [4.69, 9.17) is 10.6 Å². The van der Waals surface area contributed by atoms with Crippen molar-refractivity contribution in [1.29, 1.82) is 0 Å². The van der Waals surface area contributed by atoms with Crippen molar-refractivity contribution in [1.82, 2.24) is 10.2 Å². The van der Waals surface area contributed by atoms with Gasteiger partial charge < -0.3 is 11.1 Å². The summed E-state index contributed by atoms with van der Waals surface area (Å²) in [6.07, 6.45) is -1.70. The quantitative estimate of drug-likeness (QED) is 0.681. The van der Waals surface area contributed by atoms with Crippen LogP contribution in [0.25, 0.3) is 0 Å². The molecule has 0 aromatic heterocycles. The topological polar surface area (TPSA) is 105 Å². The average Bonchev–Trinajstić information content (AvgIpc) is 3.01. The van der Waals surface area contributed by atoms with Crippen LogP contribution in [0.15, 0.2) is 30.3 Å². The molecule has 8 heteroatoms. The molecule has 2 unspecified atom stereocenters. The van der Waals surface area contributed by atoms with Gasteiger partial charge in [0.2, 0.25) is 11.8 Å². The van der Waals surface area contributed by atoms with Gasteiger partial charge in [0, 0.05) is 7.05 Å². The zero-order valence-electron chi connectivity index (χ0n) is 11.9. The number of likely N-dealkylation sites (N-methyl/N-ethyl adjacent to an activating group) is 1. The molecule has 1 aromatic rings. The lowest BCUT2D eigenvalue weighted by Crippen LogP contribution is -2.51. The second kappa shape index (κ2) is 5.39. The van der Waals surface area contributed by atoms with Gasteiger partial charge in [-0.15, -0.1) is 0 Å². The van der Waals surface area contributed by atoms with Crippen LogP contribution in [0.1, 0.15) is 0 Å². The molecule has 2 heterocycles. The number of nitrogens with zero attached hydrogens (tertiary/aromatic N) is 2. The highest BCUT2D eigenvalue weighted by Gasteiger charge is 2.59. The van der Waals surface area contributed by atoms with Crippen LogP contribution in [0.3, 0.4) is 0 Å². The molecule has 0 saturated carbocycles. The number of amides is 3. The van der Waals surface area contributed by atoms with Crippen LogP contribution in [-0.4, -0.2) is 48.5 Å². The van der Waals surface area contributed by atoms with Gasteiger partial charge in [0.1, 0.15) is 12.1 Å². The number of benzene rings is 1. The third kappa shape index (κ3) is 2.13. The predicted molar refractivity (Wildman–Crippen MR) is 76.0 cm³/mol. The summed E-state index contributed by atoms with van der Waals surface area (Å²) in [6, 6.07) is 8.95. The van der Waals surface area contributed by atoms with E-state index >= 15 is 0 Å². The number of likely N-dealkylation sites (tertiary alicyclic amines) is 1. The number of carbonyl (C=O) groups is 3. The molecule has 0 spiro atoms. The molecule has 22 heavy (non-hydrogen) atoms. The number of rotatable bonds is 3. The Hall–Kier alpha value is -2.45. The number of hydrogen-bond acceptors (Lipinski definition) is 6. The standard InChI is InChI=1S/C14H16N4O4/c1-17-13(20)10-11(14(17)21)22-18(8-5-3-2-4-6-8)12(10)16-9(19)7-15/h2-6,10-12H,7,15H2,1H3,(H,16,19)/t10?,11?,12-/m0/s1. The van der Waals surface area contributed by atoms with E-state index in [0.29, 0.717) is 5.69 Å². The van der Waals surface area contributed by atoms with Crippen molar-refractivity contribution in [2.75, 3.05) is 18.7 Å². The lowest BCUT2D eigenvalue weighted by molar-refractivity contribution is -0.141. The molecule has 2 aliphatic rings. The Morgan fingerprint density at radius 1 is 1.27 bits per heavy atom. The fourth-order valence-electron chi connectivity index (χ4n) is 2.72. The van der Waals surface area contributed by atoms with Gasteiger partial charge in [-0.25, -0.2) is 5.06 Å². The van der Waals surface area contributed by atoms with Crippen LogP contribution in [0.4, 0.5) is 5.69 Å². The normalized spacial score (nSPS) is 27.3. The van der Waals surface area contributed by atoms with E-state index in [2.05, 4.69) is 5.32 Å². The highest BCUT2D eigenvalue weighted by Crippen LogP contribution is 2.36. The number of carbonyl (C=O) groups excluding carboxylic acids is 3. The minimum atomic E-state index is -0.930. The molecule has 3 rings (SSSR count). The lowest BCUT2D eigenvalue weighted by Gasteiger charge is -2.28. The number of para-hydroxylation sites is 1. The van der Waals surface area contributed by atoms with Crippen LogP contribution < -0.4 is 16.1 Å². The Labute approximate surface area is 126 Å². The van der Waals surface area contributed by atoms with E-state index in [-0.39, 0.29) is 12.5 Å². The third-order valence-electron chi connectivity index (χ3n) is 3.84. The second-order valence-electron chi connectivity index (χ2n) is 5.17. The zero-order chi connectivity index (χ0) is 15.9. The van der Waals surface area contributed by atoms with Crippen molar-refractivity contribution < 1.29 is 19.2 Å². The number of anilines is 1. The highest BCUT2D eigenvalue weighted by molar-refractivity contribution is 6.07. The van der Waals surface area contributed by atoms with Crippen LogP contribution in [0.2, 0.25) is 0 Å². The number of fused-ring (bicyclic) bond motifs is 1. The number of hydroxylamine groups is 1. The number of nitrogens with two attached hydrogens (primary N) is 1. The van der Waals surface area contributed by atoms with E-state index in [0.717, 1.165) is 4.90 Å². The maximum atomic E-state index is 12.3. The minimum Gasteiger partial charge on any atom is -0.332 e.